The maximum absolute atomic E-state index is 13.6. The van der Waals surface area contributed by atoms with E-state index in [4.69, 9.17) is 0 Å². The van der Waals surface area contributed by atoms with Gasteiger partial charge in [0.25, 0.3) is 5.91 Å². The second kappa shape index (κ2) is 5.66. The third-order valence-corrected chi connectivity index (χ3v) is 4.81. The van der Waals surface area contributed by atoms with Crippen LogP contribution in [0.2, 0.25) is 0 Å². The molecule has 0 saturated carbocycles. The van der Waals surface area contributed by atoms with Crippen molar-refractivity contribution in [1.82, 2.24) is 0 Å². The number of hydrogen-bond acceptors (Lipinski definition) is 3. The molecule has 23 heavy (non-hydrogen) atoms. The Labute approximate surface area is 132 Å². The molecular formula is C15H8F4N2OS. The molecule has 1 heterocycles. The number of carbonyl (C=O) groups is 1. The first kappa shape index (κ1) is 15.5. The van der Waals surface area contributed by atoms with Crippen molar-refractivity contribution >= 4 is 22.2 Å². The predicted octanol–water partition coefficient (Wildman–Crippen LogP) is 3.92. The van der Waals surface area contributed by atoms with Crippen LogP contribution in [0.5, 0.6) is 0 Å². The number of anilines is 1. The fourth-order valence-corrected chi connectivity index (χ4v) is 3.75. The van der Waals surface area contributed by atoms with E-state index in [0.29, 0.717) is 6.42 Å². The first-order chi connectivity index (χ1) is 10.9. The third kappa shape index (κ3) is 2.47. The number of hydrogen-bond donors (Lipinski definition) is 1. The third-order valence-electron chi connectivity index (χ3n) is 3.61. The number of benzene rings is 1. The van der Waals surface area contributed by atoms with E-state index in [-0.39, 0.29) is 16.6 Å². The van der Waals surface area contributed by atoms with Crippen molar-refractivity contribution in [3.63, 3.8) is 0 Å². The van der Waals surface area contributed by atoms with Crippen LogP contribution in [0.3, 0.4) is 0 Å². The molecule has 2 aromatic rings. The van der Waals surface area contributed by atoms with Gasteiger partial charge in [0.05, 0.1) is 11.1 Å². The van der Waals surface area contributed by atoms with Crippen molar-refractivity contribution in [3.8, 4) is 6.07 Å². The average Bonchev–Trinajstić information content (AvgIpc) is 3.09. The monoisotopic (exact) mass is 340 g/mol. The van der Waals surface area contributed by atoms with E-state index in [0.717, 1.165) is 23.3 Å². The lowest BCUT2D eigenvalue weighted by atomic mass is 10.1. The van der Waals surface area contributed by atoms with Crippen molar-refractivity contribution in [1.29, 1.82) is 5.26 Å². The number of thiophene rings is 1. The van der Waals surface area contributed by atoms with Crippen molar-refractivity contribution in [3.05, 3.63) is 50.9 Å². The SMILES string of the molecule is N#Cc1c(NC(=O)c2cc(F)c(F)c(F)c2F)sc2c1CCC2. The number of fused-ring (bicyclic) bond motifs is 1. The molecule has 1 aromatic carbocycles. The molecule has 3 nitrogen and oxygen atoms in total. The Morgan fingerprint density at radius 3 is 2.61 bits per heavy atom. The van der Waals surface area contributed by atoms with Gasteiger partial charge in [-0.15, -0.1) is 11.3 Å². The Morgan fingerprint density at radius 2 is 1.91 bits per heavy atom. The second-order valence-electron chi connectivity index (χ2n) is 4.98. The maximum Gasteiger partial charge on any atom is 0.259 e. The summed E-state index contributed by atoms with van der Waals surface area (Å²) in [6.07, 6.45) is 2.39. The van der Waals surface area contributed by atoms with E-state index in [1.165, 1.54) is 11.3 Å². The fraction of sp³-hybridized carbons (Fsp3) is 0.200. The lowest BCUT2D eigenvalue weighted by molar-refractivity contribution is 0.102. The molecule has 0 saturated heterocycles. The van der Waals surface area contributed by atoms with Crippen LogP contribution >= 0.6 is 11.3 Å². The lowest BCUT2D eigenvalue weighted by Crippen LogP contribution is -2.16. The molecule has 0 unspecified atom stereocenters. The van der Waals surface area contributed by atoms with Gasteiger partial charge in [0.2, 0.25) is 0 Å². The first-order valence-corrected chi connectivity index (χ1v) is 7.44. The predicted molar refractivity (Wildman–Crippen MR) is 75.3 cm³/mol. The number of halogens is 4. The van der Waals surface area contributed by atoms with E-state index in [2.05, 4.69) is 5.32 Å². The fourth-order valence-electron chi connectivity index (χ4n) is 2.52. The summed E-state index contributed by atoms with van der Waals surface area (Å²) in [6, 6.07) is 2.26. The maximum atomic E-state index is 13.6. The van der Waals surface area contributed by atoms with E-state index >= 15 is 0 Å². The van der Waals surface area contributed by atoms with E-state index < -0.39 is 34.7 Å². The summed E-state index contributed by atoms with van der Waals surface area (Å²) in [5.74, 6) is -8.61. The van der Waals surface area contributed by atoms with Crippen LogP contribution in [0, 0.1) is 34.6 Å². The number of carbonyl (C=O) groups excluding carboxylic acids is 1. The van der Waals surface area contributed by atoms with Gasteiger partial charge >= 0.3 is 0 Å². The Kier molecular flexibility index (Phi) is 3.82. The lowest BCUT2D eigenvalue weighted by Gasteiger charge is -2.07. The van der Waals surface area contributed by atoms with Crippen LogP contribution in [0.1, 0.15) is 32.8 Å². The highest BCUT2D eigenvalue weighted by molar-refractivity contribution is 7.16. The highest BCUT2D eigenvalue weighted by Crippen LogP contribution is 2.38. The van der Waals surface area contributed by atoms with E-state index in [9.17, 15) is 27.6 Å². The number of nitriles is 1. The molecule has 1 amide bonds. The Bertz CT molecular complexity index is 870. The Hall–Kier alpha value is -2.40. The molecule has 1 aromatic heterocycles. The molecule has 0 bridgehead atoms. The molecular weight excluding hydrogens is 332 g/mol. The zero-order valence-corrected chi connectivity index (χ0v) is 12.3. The van der Waals surface area contributed by atoms with Crippen LogP contribution in [-0.2, 0) is 12.8 Å². The second-order valence-corrected chi connectivity index (χ2v) is 6.08. The molecule has 0 radical (unpaired) electrons. The minimum absolute atomic E-state index is 0.201. The van der Waals surface area contributed by atoms with Gasteiger partial charge in [0.1, 0.15) is 11.1 Å². The van der Waals surface area contributed by atoms with Crippen LogP contribution in [0.4, 0.5) is 22.6 Å². The molecule has 118 valence electrons. The highest BCUT2D eigenvalue weighted by atomic mass is 32.1. The van der Waals surface area contributed by atoms with E-state index in [1.54, 1.807) is 0 Å². The van der Waals surface area contributed by atoms with Gasteiger partial charge in [0.15, 0.2) is 23.3 Å². The zero-order chi connectivity index (χ0) is 16.7. The largest absolute Gasteiger partial charge is 0.312 e. The summed E-state index contributed by atoms with van der Waals surface area (Å²) >= 11 is 1.18. The molecule has 1 N–H and O–H groups in total. The number of amides is 1. The minimum Gasteiger partial charge on any atom is -0.312 e. The molecule has 0 aliphatic heterocycles. The van der Waals surface area contributed by atoms with Crippen molar-refractivity contribution in [2.24, 2.45) is 0 Å². The standard InChI is InChI=1S/C15H8F4N2OS/c16-9-4-7(11(17)13(19)12(9)18)14(22)21-15-8(5-20)6-2-1-3-10(6)23-15/h4H,1-3H2,(H,21,22). The molecule has 1 aliphatic carbocycles. The summed E-state index contributed by atoms with van der Waals surface area (Å²) in [7, 11) is 0. The van der Waals surface area contributed by atoms with Gasteiger partial charge in [-0.05, 0) is 30.9 Å². The number of rotatable bonds is 2. The molecule has 0 atom stereocenters. The average molecular weight is 340 g/mol. The zero-order valence-electron chi connectivity index (χ0n) is 11.5. The summed E-state index contributed by atoms with van der Waals surface area (Å²) in [4.78, 5) is 13.0. The number of nitrogens with zero attached hydrogens (tertiary/aromatic N) is 1. The Balaban J connectivity index is 1.97. The van der Waals surface area contributed by atoms with Crippen LogP contribution in [-0.4, -0.2) is 5.91 Å². The van der Waals surface area contributed by atoms with Gasteiger partial charge in [-0.2, -0.15) is 5.26 Å². The van der Waals surface area contributed by atoms with Crippen LogP contribution in [0.25, 0.3) is 0 Å². The van der Waals surface area contributed by atoms with Crippen molar-refractivity contribution in [2.75, 3.05) is 5.32 Å². The molecule has 0 fully saturated rings. The smallest absolute Gasteiger partial charge is 0.259 e. The summed E-state index contributed by atoms with van der Waals surface area (Å²) in [5.41, 5.74) is 0.155. The number of aryl methyl sites for hydroxylation is 1. The molecule has 3 rings (SSSR count). The van der Waals surface area contributed by atoms with Gasteiger partial charge < -0.3 is 5.32 Å². The number of nitrogens with one attached hydrogen (secondary N) is 1. The first-order valence-electron chi connectivity index (χ1n) is 6.63. The van der Waals surface area contributed by atoms with Gasteiger partial charge in [-0.1, -0.05) is 0 Å². The molecule has 0 spiro atoms. The van der Waals surface area contributed by atoms with E-state index in [1.807, 2.05) is 6.07 Å². The van der Waals surface area contributed by atoms with Crippen molar-refractivity contribution in [2.45, 2.75) is 19.3 Å². The van der Waals surface area contributed by atoms with Gasteiger partial charge in [0, 0.05) is 4.88 Å². The normalized spacial score (nSPS) is 12.8. The molecule has 8 heteroatoms. The van der Waals surface area contributed by atoms with Gasteiger partial charge in [-0.3, -0.25) is 4.79 Å². The van der Waals surface area contributed by atoms with Gasteiger partial charge in [-0.25, -0.2) is 17.6 Å². The summed E-state index contributed by atoms with van der Waals surface area (Å²) in [5, 5.41) is 11.7. The highest BCUT2D eigenvalue weighted by Gasteiger charge is 2.26. The molecule has 1 aliphatic rings. The minimum atomic E-state index is -2.05. The summed E-state index contributed by atoms with van der Waals surface area (Å²) in [6.45, 7) is 0. The van der Waals surface area contributed by atoms with Crippen LogP contribution < -0.4 is 5.32 Å². The summed E-state index contributed by atoms with van der Waals surface area (Å²) < 4.78 is 53.0. The quantitative estimate of drug-likeness (QED) is 0.512. The topological polar surface area (TPSA) is 52.9 Å². The van der Waals surface area contributed by atoms with Crippen molar-refractivity contribution < 1.29 is 22.4 Å². The van der Waals surface area contributed by atoms with Crippen LogP contribution in [0.15, 0.2) is 6.07 Å². The Morgan fingerprint density at radius 1 is 1.17 bits per heavy atom.